The topological polar surface area (TPSA) is 22.1 Å². The van der Waals surface area contributed by atoms with Crippen molar-refractivity contribution >= 4 is 10.8 Å². The van der Waals surface area contributed by atoms with Crippen LogP contribution in [0.2, 0.25) is 0 Å². The highest BCUT2D eigenvalue weighted by Crippen LogP contribution is 2.19. The van der Waals surface area contributed by atoms with Crippen LogP contribution in [0.25, 0.3) is 10.8 Å². The van der Waals surface area contributed by atoms with E-state index >= 15 is 0 Å². The molecular weight excluding hydrogens is 246 g/mol. The number of pyridine rings is 1. The quantitative estimate of drug-likeness (QED) is 0.710. The van der Waals surface area contributed by atoms with Crippen LogP contribution in [0.4, 0.5) is 0 Å². The number of fused-ring (bicyclic) bond motifs is 1. The first-order valence-corrected chi connectivity index (χ1v) is 6.76. The summed E-state index contributed by atoms with van der Waals surface area (Å²) >= 11 is 0. The fourth-order valence-electron chi connectivity index (χ4n) is 2.44. The molecule has 100 valence electrons. The maximum atomic E-state index is 5.13. The van der Waals surface area contributed by atoms with E-state index in [-0.39, 0.29) is 0 Å². The number of benzene rings is 2. The summed E-state index contributed by atoms with van der Waals surface area (Å²) in [6.45, 7) is 0.660. The Hall–Kier alpha value is -2.19. The molecule has 2 nitrogen and oxygen atoms in total. The van der Waals surface area contributed by atoms with Crippen molar-refractivity contribution in [3.63, 3.8) is 0 Å². The number of rotatable bonds is 4. The third-order valence-corrected chi connectivity index (χ3v) is 3.46. The predicted octanol–water partition coefficient (Wildman–Crippen LogP) is 3.97. The van der Waals surface area contributed by atoms with Crippen LogP contribution in [-0.2, 0) is 17.8 Å². The molecule has 0 unspecified atom stereocenters. The van der Waals surface area contributed by atoms with E-state index in [1.54, 1.807) is 7.11 Å². The molecule has 0 N–H and O–H groups in total. The molecular formula is C18H17NO. The lowest BCUT2D eigenvalue weighted by atomic mass is 10.0. The Bertz CT molecular complexity index is 699. The highest BCUT2D eigenvalue weighted by atomic mass is 16.5. The number of aromatic nitrogens is 1. The van der Waals surface area contributed by atoms with E-state index in [2.05, 4.69) is 59.6 Å². The highest BCUT2D eigenvalue weighted by molar-refractivity contribution is 5.84. The highest BCUT2D eigenvalue weighted by Gasteiger charge is 2.03. The van der Waals surface area contributed by atoms with Crippen LogP contribution in [0.15, 0.2) is 60.8 Å². The van der Waals surface area contributed by atoms with Crippen LogP contribution in [-0.4, -0.2) is 12.1 Å². The molecule has 0 aliphatic rings. The first-order valence-electron chi connectivity index (χ1n) is 6.76. The summed E-state index contributed by atoms with van der Waals surface area (Å²) < 4.78 is 5.13. The van der Waals surface area contributed by atoms with Crippen molar-refractivity contribution in [2.75, 3.05) is 7.11 Å². The van der Waals surface area contributed by atoms with Crippen molar-refractivity contribution in [2.24, 2.45) is 0 Å². The van der Waals surface area contributed by atoms with Crippen molar-refractivity contribution in [1.82, 2.24) is 4.98 Å². The first-order chi connectivity index (χ1) is 9.86. The fourth-order valence-corrected chi connectivity index (χ4v) is 2.44. The third-order valence-electron chi connectivity index (χ3n) is 3.46. The fraction of sp³-hybridized carbons (Fsp3) is 0.167. The minimum absolute atomic E-state index is 0.660. The lowest BCUT2D eigenvalue weighted by Gasteiger charge is -2.06. The molecule has 20 heavy (non-hydrogen) atoms. The lowest BCUT2D eigenvalue weighted by Crippen LogP contribution is -1.94. The Morgan fingerprint density at radius 3 is 2.45 bits per heavy atom. The SMILES string of the molecule is COCc1ccc(Cc2nccc3ccccc23)cc1. The van der Waals surface area contributed by atoms with Crippen molar-refractivity contribution in [3.8, 4) is 0 Å². The third kappa shape index (κ3) is 2.70. The zero-order valence-corrected chi connectivity index (χ0v) is 11.5. The summed E-state index contributed by atoms with van der Waals surface area (Å²) in [6, 6.07) is 19.0. The van der Waals surface area contributed by atoms with Gasteiger partial charge in [0, 0.05) is 25.1 Å². The second-order valence-corrected chi connectivity index (χ2v) is 4.91. The molecule has 0 fully saturated rings. The molecule has 0 saturated heterocycles. The van der Waals surface area contributed by atoms with Crippen LogP contribution >= 0.6 is 0 Å². The van der Waals surface area contributed by atoms with Gasteiger partial charge in [0.15, 0.2) is 0 Å². The number of nitrogens with zero attached hydrogens (tertiary/aromatic N) is 1. The number of hydrogen-bond donors (Lipinski definition) is 0. The summed E-state index contributed by atoms with van der Waals surface area (Å²) in [5.74, 6) is 0. The molecule has 0 atom stereocenters. The molecule has 0 spiro atoms. The largest absolute Gasteiger partial charge is 0.380 e. The minimum atomic E-state index is 0.660. The van der Waals surface area contributed by atoms with Crippen LogP contribution in [0.5, 0.6) is 0 Å². The minimum Gasteiger partial charge on any atom is -0.380 e. The van der Waals surface area contributed by atoms with E-state index in [9.17, 15) is 0 Å². The Kier molecular flexibility index (Phi) is 3.75. The van der Waals surface area contributed by atoms with E-state index < -0.39 is 0 Å². The lowest BCUT2D eigenvalue weighted by molar-refractivity contribution is 0.185. The normalized spacial score (nSPS) is 10.8. The van der Waals surface area contributed by atoms with Gasteiger partial charge in [0.2, 0.25) is 0 Å². The Balaban J connectivity index is 1.89. The summed E-state index contributed by atoms with van der Waals surface area (Å²) in [5.41, 5.74) is 3.60. The van der Waals surface area contributed by atoms with E-state index in [0.29, 0.717) is 6.61 Å². The Morgan fingerprint density at radius 1 is 0.900 bits per heavy atom. The van der Waals surface area contributed by atoms with Crippen LogP contribution in [0.1, 0.15) is 16.8 Å². The summed E-state index contributed by atoms with van der Waals surface area (Å²) in [6.07, 6.45) is 2.74. The predicted molar refractivity (Wildman–Crippen MR) is 81.7 cm³/mol. The van der Waals surface area contributed by atoms with Gasteiger partial charge in [0.25, 0.3) is 0 Å². The Labute approximate surface area is 119 Å². The zero-order valence-electron chi connectivity index (χ0n) is 11.5. The molecule has 0 amide bonds. The van der Waals surface area contributed by atoms with Gasteiger partial charge in [-0.3, -0.25) is 4.98 Å². The average Bonchev–Trinajstić information content (AvgIpc) is 2.50. The van der Waals surface area contributed by atoms with Gasteiger partial charge in [0.05, 0.1) is 12.3 Å². The van der Waals surface area contributed by atoms with E-state index in [1.807, 2.05) is 6.20 Å². The van der Waals surface area contributed by atoms with Crippen molar-refractivity contribution < 1.29 is 4.74 Å². The zero-order chi connectivity index (χ0) is 13.8. The van der Waals surface area contributed by atoms with Gasteiger partial charge in [0.1, 0.15) is 0 Å². The van der Waals surface area contributed by atoms with Crippen LogP contribution in [0.3, 0.4) is 0 Å². The van der Waals surface area contributed by atoms with Crippen LogP contribution in [0, 0.1) is 0 Å². The number of hydrogen-bond acceptors (Lipinski definition) is 2. The second-order valence-electron chi connectivity index (χ2n) is 4.91. The molecule has 3 rings (SSSR count). The van der Waals surface area contributed by atoms with Gasteiger partial charge in [-0.1, -0.05) is 48.5 Å². The Morgan fingerprint density at radius 2 is 1.65 bits per heavy atom. The first kappa shape index (κ1) is 12.8. The van der Waals surface area contributed by atoms with Crippen molar-refractivity contribution in [1.29, 1.82) is 0 Å². The van der Waals surface area contributed by atoms with Gasteiger partial charge >= 0.3 is 0 Å². The molecule has 0 aliphatic carbocycles. The van der Waals surface area contributed by atoms with Gasteiger partial charge < -0.3 is 4.74 Å². The maximum absolute atomic E-state index is 5.13. The van der Waals surface area contributed by atoms with Gasteiger partial charge in [-0.15, -0.1) is 0 Å². The molecule has 1 aromatic heterocycles. The van der Waals surface area contributed by atoms with Crippen molar-refractivity contribution in [3.05, 3.63) is 77.6 Å². The molecule has 0 aliphatic heterocycles. The standard InChI is InChI=1S/C18H17NO/c1-20-13-15-8-6-14(7-9-15)12-18-17-5-3-2-4-16(17)10-11-19-18/h2-11H,12-13H2,1H3. The van der Waals surface area contributed by atoms with E-state index in [4.69, 9.17) is 4.74 Å². The molecule has 0 bridgehead atoms. The number of methoxy groups -OCH3 is 1. The van der Waals surface area contributed by atoms with E-state index in [1.165, 1.54) is 21.9 Å². The van der Waals surface area contributed by atoms with Crippen LogP contribution < -0.4 is 0 Å². The second kappa shape index (κ2) is 5.85. The molecule has 1 heterocycles. The van der Waals surface area contributed by atoms with Gasteiger partial charge in [-0.25, -0.2) is 0 Å². The summed E-state index contributed by atoms with van der Waals surface area (Å²) in [4.78, 5) is 4.54. The van der Waals surface area contributed by atoms with Crippen molar-refractivity contribution in [2.45, 2.75) is 13.0 Å². The monoisotopic (exact) mass is 263 g/mol. The van der Waals surface area contributed by atoms with Gasteiger partial charge in [-0.05, 0) is 22.6 Å². The van der Waals surface area contributed by atoms with E-state index in [0.717, 1.165) is 12.1 Å². The molecule has 3 aromatic rings. The smallest absolute Gasteiger partial charge is 0.0713 e. The average molecular weight is 263 g/mol. The van der Waals surface area contributed by atoms with Gasteiger partial charge in [-0.2, -0.15) is 0 Å². The number of ether oxygens (including phenoxy) is 1. The maximum Gasteiger partial charge on any atom is 0.0713 e. The molecule has 2 heteroatoms. The summed E-state index contributed by atoms with van der Waals surface area (Å²) in [7, 11) is 1.72. The molecule has 0 saturated carbocycles. The summed E-state index contributed by atoms with van der Waals surface area (Å²) in [5, 5.41) is 2.48. The molecule has 2 aromatic carbocycles. The molecule has 0 radical (unpaired) electrons.